The van der Waals surface area contributed by atoms with Crippen LogP contribution in [0.25, 0.3) is 0 Å². The Hall–Kier alpha value is -0.640. The van der Waals surface area contributed by atoms with E-state index < -0.39 is 88.7 Å². The van der Waals surface area contributed by atoms with Gasteiger partial charge in [-0.3, -0.25) is 23.4 Å². The van der Waals surface area contributed by atoms with E-state index >= 15 is 0 Å². The summed E-state index contributed by atoms with van der Waals surface area (Å²) >= 11 is 0. The Morgan fingerprint density at radius 3 is 2.26 bits per heavy atom. The van der Waals surface area contributed by atoms with Crippen molar-refractivity contribution in [3.63, 3.8) is 0 Å². The molecule has 2 aliphatic heterocycles. The van der Waals surface area contributed by atoms with Crippen molar-refractivity contribution in [3.05, 3.63) is 33.1 Å². The van der Waals surface area contributed by atoms with Crippen LogP contribution in [0.4, 0.5) is 0 Å². The van der Waals surface area contributed by atoms with Gasteiger partial charge >= 0.3 is 21.3 Å². The Morgan fingerprint density at radius 2 is 1.63 bits per heavy atom. The van der Waals surface area contributed by atoms with Crippen molar-refractivity contribution in [2.24, 2.45) is 0 Å². The number of phosphoric acid groups is 2. The summed E-state index contributed by atoms with van der Waals surface area (Å²) in [5.74, 6) is 0.0753. The lowest BCUT2D eigenvalue weighted by Crippen LogP contribution is -2.58. The van der Waals surface area contributed by atoms with Crippen molar-refractivity contribution in [2.45, 2.75) is 55.2 Å². The zero-order valence-corrected chi connectivity index (χ0v) is 22.6. The molecule has 1 aromatic heterocycles. The van der Waals surface area contributed by atoms with Crippen LogP contribution in [0.2, 0.25) is 0 Å². The monoisotopic (exact) mass is 628 g/mol. The zero-order valence-electron chi connectivity index (χ0n) is 19.2. The first-order chi connectivity index (χ1) is 17.7. The first-order valence-electron chi connectivity index (χ1n) is 10.5. The molecule has 22 heteroatoms. The molecule has 8 N–H and O–H groups in total. The number of aromatic nitrogens is 2. The fraction of sp³-hybridized carbons (Fsp3) is 0.750. The largest absolute Gasteiger partial charge is 0.483 e. The smallest absolute Gasteiger partial charge is 0.388 e. The molecular weight excluding hydrogens is 602 g/mol. The molecule has 0 aromatic carbocycles. The van der Waals surface area contributed by atoms with Crippen molar-refractivity contribution >= 4 is 37.2 Å². The molecule has 2 aliphatic rings. The van der Waals surface area contributed by atoms with Gasteiger partial charge in [0.15, 0.2) is 12.5 Å². The third-order valence-electron chi connectivity index (χ3n) is 5.33. The quantitative estimate of drug-likeness (QED) is 0.0909. The van der Waals surface area contributed by atoms with E-state index in [-0.39, 0.29) is 5.75 Å². The number of aliphatic hydroxyl groups is 5. The van der Waals surface area contributed by atoms with Crippen molar-refractivity contribution in [1.82, 2.24) is 9.55 Å². The van der Waals surface area contributed by atoms with Gasteiger partial charge in [0.25, 0.3) is 5.56 Å². The summed E-state index contributed by atoms with van der Waals surface area (Å²) in [4.78, 5) is 44.9. The molecule has 3 rings (SSSR count). The maximum absolute atomic E-state index is 12.3. The number of nitrogens with one attached hydrogen (secondary N) is 1. The van der Waals surface area contributed by atoms with Crippen molar-refractivity contribution in [2.75, 3.05) is 18.6 Å². The molecule has 11 atom stereocenters. The minimum atomic E-state index is -5.54. The van der Waals surface area contributed by atoms with E-state index in [0.717, 1.165) is 16.8 Å². The van der Waals surface area contributed by atoms with E-state index in [0.29, 0.717) is 0 Å². The van der Waals surface area contributed by atoms with Gasteiger partial charge in [0.1, 0.15) is 36.6 Å². The number of H-pyrrole nitrogens is 1. The molecule has 2 unspecified atom stereocenters. The minimum absolute atomic E-state index is 0.0753. The normalized spacial score (nSPS) is 37.0. The molecular formula is C16H26N2O16P2S2. The van der Waals surface area contributed by atoms with Crippen LogP contribution >= 0.6 is 37.2 Å². The highest BCUT2D eigenvalue weighted by Crippen LogP contribution is 2.61. The number of hydrogen-bond donors (Lipinski definition) is 8. The maximum atomic E-state index is 12.3. The van der Waals surface area contributed by atoms with Gasteiger partial charge in [-0.1, -0.05) is 21.6 Å². The molecule has 1 aromatic rings. The average molecular weight is 628 g/mol. The molecule has 0 radical (unpaired) electrons. The highest BCUT2D eigenvalue weighted by molar-refractivity contribution is 8.76. The Bertz CT molecular complexity index is 1170. The number of ether oxygens (including phenoxy) is 2. The first-order valence-corrected chi connectivity index (χ1v) is 16.3. The molecule has 2 saturated heterocycles. The molecule has 218 valence electrons. The van der Waals surface area contributed by atoms with Gasteiger partial charge in [0, 0.05) is 18.0 Å². The summed E-state index contributed by atoms with van der Waals surface area (Å²) in [5.41, 5.74) is -1.72. The van der Waals surface area contributed by atoms with Crippen LogP contribution < -0.4 is 11.2 Å². The van der Waals surface area contributed by atoms with Gasteiger partial charge in [-0.05, 0) is 6.26 Å². The highest BCUT2D eigenvalue weighted by atomic mass is 33.1. The fourth-order valence-electron chi connectivity index (χ4n) is 3.47. The van der Waals surface area contributed by atoms with E-state index in [1.165, 1.54) is 21.6 Å². The molecule has 0 bridgehead atoms. The van der Waals surface area contributed by atoms with Gasteiger partial charge in [-0.15, -0.1) is 0 Å². The lowest BCUT2D eigenvalue weighted by atomic mass is 10.0. The Labute approximate surface area is 221 Å². The summed E-state index contributed by atoms with van der Waals surface area (Å²) in [6, 6.07) is 0.943. The highest BCUT2D eigenvalue weighted by Gasteiger charge is 2.49. The molecule has 0 spiro atoms. The minimum Gasteiger partial charge on any atom is -0.388 e. The standard InChI is InChI=1S/C16H26N2O16P2S2/c1-37-38-5-7-10(21)11(22)13(24)15(32-7)33-36(28,29)34-35(26,27)30-4-6-9(20)12(23)14(31-6)18-3-2-8(19)17-16(18)25/h2-3,6-7,9-15,20-24H,4-5H2,1H3,(H,26,27)(H,28,29)(H,17,19,25)/t6-,7-,9-,10+,11+,12-,13-,14-,15-/m1/s1. The second kappa shape index (κ2) is 12.9. The van der Waals surface area contributed by atoms with Crippen LogP contribution in [0.1, 0.15) is 6.23 Å². The molecule has 0 saturated carbocycles. The number of hydrogen-bond acceptors (Lipinski definition) is 16. The third kappa shape index (κ3) is 7.76. The van der Waals surface area contributed by atoms with Gasteiger partial charge in [0.05, 0.1) is 12.7 Å². The van der Waals surface area contributed by atoms with Crippen LogP contribution in [0.15, 0.2) is 21.9 Å². The summed E-state index contributed by atoms with van der Waals surface area (Å²) in [5, 5.41) is 50.4. The maximum Gasteiger partial charge on any atom is 0.483 e. The predicted octanol–water partition coefficient (Wildman–Crippen LogP) is -2.77. The van der Waals surface area contributed by atoms with E-state index in [1.54, 1.807) is 6.26 Å². The molecule has 18 nitrogen and oxygen atoms in total. The van der Waals surface area contributed by atoms with Gasteiger partial charge in [-0.25, -0.2) is 13.9 Å². The van der Waals surface area contributed by atoms with E-state index in [9.17, 15) is 54.0 Å². The van der Waals surface area contributed by atoms with Crippen LogP contribution in [0.5, 0.6) is 0 Å². The average Bonchev–Trinajstić information content (AvgIpc) is 3.10. The van der Waals surface area contributed by atoms with Crippen LogP contribution in [0, 0.1) is 0 Å². The molecule has 0 amide bonds. The Morgan fingerprint density at radius 1 is 0.974 bits per heavy atom. The number of nitrogens with zero attached hydrogens (tertiary/aromatic N) is 1. The first kappa shape index (κ1) is 31.9. The van der Waals surface area contributed by atoms with E-state index in [1.807, 2.05) is 4.98 Å². The number of aromatic amines is 1. The van der Waals surface area contributed by atoms with Crippen molar-refractivity contribution in [3.8, 4) is 0 Å². The van der Waals surface area contributed by atoms with Crippen LogP contribution in [-0.4, -0.2) is 113 Å². The second-order valence-corrected chi connectivity index (χ2v) is 13.6. The Balaban J connectivity index is 1.61. The zero-order chi connectivity index (χ0) is 28.4. The van der Waals surface area contributed by atoms with Gasteiger partial charge in [-0.2, -0.15) is 4.31 Å². The second-order valence-electron chi connectivity index (χ2n) is 7.95. The number of phosphoric ester groups is 2. The van der Waals surface area contributed by atoms with Gasteiger partial charge in [0.2, 0.25) is 0 Å². The van der Waals surface area contributed by atoms with Crippen molar-refractivity contribution < 1.29 is 67.3 Å². The van der Waals surface area contributed by atoms with Gasteiger partial charge < -0.3 is 44.8 Å². The topological polar surface area (TPSA) is 277 Å². The van der Waals surface area contributed by atoms with E-state index in [4.69, 9.17) is 9.47 Å². The lowest BCUT2D eigenvalue weighted by molar-refractivity contribution is -0.270. The van der Waals surface area contributed by atoms with E-state index in [2.05, 4.69) is 13.4 Å². The molecule has 0 aliphatic carbocycles. The fourth-order valence-corrected chi connectivity index (χ4v) is 6.99. The summed E-state index contributed by atoms with van der Waals surface area (Å²) < 4.78 is 49.1. The SMILES string of the molecule is CSSC[C@H]1O[C@H](OP(=O)(O)OP(=O)(O)OC[C@H]2O[C@@H](n3ccc(=O)[nH]c3=O)[C@H](O)[C@@H]2O)[C@H](O)[C@@H](O)[C@H]1O. The van der Waals surface area contributed by atoms with Crippen molar-refractivity contribution in [1.29, 1.82) is 0 Å². The molecule has 3 heterocycles. The molecule has 2 fully saturated rings. The number of rotatable bonds is 11. The molecule has 38 heavy (non-hydrogen) atoms. The number of aliphatic hydroxyl groups excluding tert-OH is 5. The van der Waals surface area contributed by atoms with Crippen LogP contribution in [-0.2, 0) is 32.0 Å². The lowest BCUT2D eigenvalue weighted by Gasteiger charge is -2.40. The Kier molecular flexibility index (Phi) is 10.8. The van der Waals surface area contributed by atoms with Crippen LogP contribution in [0.3, 0.4) is 0 Å². The summed E-state index contributed by atoms with van der Waals surface area (Å²) in [6.45, 7) is -0.998. The summed E-state index contributed by atoms with van der Waals surface area (Å²) in [6.07, 6.45) is -12.6. The third-order valence-corrected chi connectivity index (χ3v) is 9.74. The summed E-state index contributed by atoms with van der Waals surface area (Å²) in [7, 11) is -8.50. The predicted molar refractivity (Wildman–Crippen MR) is 128 cm³/mol.